The number of hydrogen-bond donors (Lipinski definition) is 0. The Balaban J connectivity index is -0.000000163. The van der Waals surface area contributed by atoms with Crippen LogP contribution in [0.3, 0.4) is 0 Å². The summed E-state index contributed by atoms with van der Waals surface area (Å²) in [5, 5.41) is 0. The van der Waals surface area contributed by atoms with E-state index in [-0.39, 0.29) is 7.43 Å². The Kier molecular flexibility index (Phi) is 12.6. The molecule has 0 aromatic carbocycles. The molecule has 3 heteroatoms. The van der Waals surface area contributed by atoms with Crippen molar-refractivity contribution in [3.05, 3.63) is 0 Å². The Labute approximate surface area is 92.3 Å². The zero-order chi connectivity index (χ0) is 11.1. The molecular weight excluding hydrogens is 210 g/mol. The lowest BCUT2D eigenvalue weighted by Crippen LogP contribution is -1.83. The highest BCUT2D eigenvalue weighted by Crippen LogP contribution is 2.39. The number of rotatable bonds is 3. The largest absolute Gasteiger partial charge is 0.365 e. The van der Waals surface area contributed by atoms with Gasteiger partial charge in [-0.3, -0.25) is 0 Å². The van der Waals surface area contributed by atoms with E-state index in [1.165, 1.54) is 6.16 Å². The molecule has 0 saturated carbocycles. The Morgan fingerprint density at radius 2 is 1.29 bits per heavy atom. The first-order valence-electron chi connectivity index (χ1n) is 4.61. The summed E-state index contributed by atoms with van der Waals surface area (Å²) in [6.07, 6.45) is 10.2. The molecular formula is C11H30OP2. The van der Waals surface area contributed by atoms with E-state index >= 15 is 0 Å². The minimum absolute atomic E-state index is 0. The van der Waals surface area contributed by atoms with Crippen molar-refractivity contribution in [2.24, 2.45) is 0 Å². The minimum atomic E-state index is -1.15. The van der Waals surface area contributed by atoms with Crippen molar-refractivity contribution in [2.75, 3.05) is 39.4 Å². The molecule has 0 fully saturated rings. The Morgan fingerprint density at radius 3 is 1.29 bits per heavy atom. The van der Waals surface area contributed by atoms with Gasteiger partial charge >= 0.3 is 0 Å². The van der Waals surface area contributed by atoms with E-state index in [0.29, 0.717) is 0 Å². The van der Waals surface area contributed by atoms with Crippen molar-refractivity contribution < 1.29 is 4.52 Å². The normalized spacial score (nSPS) is 14.4. The summed E-state index contributed by atoms with van der Waals surface area (Å²) < 4.78 is 5.09. The van der Waals surface area contributed by atoms with E-state index in [1.807, 2.05) is 0 Å². The van der Waals surface area contributed by atoms with Crippen LogP contribution in [0.1, 0.15) is 21.3 Å². The molecule has 0 aliphatic heterocycles. The summed E-state index contributed by atoms with van der Waals surface area (Å²) in [4.78, 5) is 0. The summed E-state index contributed by atoms with van der Waals surface area (Å²) in [7, 11) is 0.572. The summed E-state index contributed by atoms with van der Waals surface area (Å²) in [5.41, 5.74) is 0. The van der Waals surface area contributed by atoms with Crippen LogP contribution in [0.5, 0.6) is 0 Å². The highest BCUT2D eigenvalue weighted by atomic mass is 31.2. The van der Waals surface area contributed by atoms with Crippen LogP contribution in [-0.4, -0.2) is 52.0 Å². The topological polar surface area (TPSA) is 9.23 Å². The predicted octanol–water partition coefficient (Wildman–Crippen LogP) is 4.00. The van der Waals surface area contributed by atoms with Gasteiger partial charge in [0, 0.05) is 7.11 Å². The van der Waals surface area contributed by atoms with Gasteiger partial charge in [-0.2, -0.15) is 0 Å². The van der Waals surface area contributed by atoms with Gasteiger partial charge in [0.1, 0.15) is 0 Å². The van der Waals surface area contributed by atoms with Crippen LogP contribution in [0, 0.1) is 0 Å². The molecule has 1 unspecified atom stereocenters. The van der Waals surface area contributed by atoms with Crippen LogP contribution in [0.2, 0.25) is 0 Å². The molecule has 0 heterocycles. The lowest BCUT2D eigenvalue weighted by atomic mass is 11.0. The fourth-order valence-corrected chi connectivity index (χ4v) is 0.387. The van der Waals surface area contributed by atoms with Gasteiger partial charge in [-0.15, -0.1) is 13.2 Å². The van der Waals surface area contributed by atoms with Gasteiger partial charge in [-0.25, -0.2) is 0 Å². The molecule has 0 saturated heterocycles. The van der Waals surface area contributed by atoms with E-state index < -0.39 is 14.0 Å². The van der Waals surface area contributed by atoms with Crippen molar-refractivity contribution in [1.82, 2.24) is 0 Å². The third-order valence-electron chi connectivity index (χ3n) is 1.97. The van der Waals surface area contributed by atoms with Gasteiger partial charge < -0.3 is 4.52 Å². The predicted molar refractivity (Wildman–Crippen MR) is 80.7 cm³/mol. The molecule has 14 heavy (non-hydrogen) atoms. The fraction of sp³-hybridized carbons (Fsp3) is 0.818. The Morgan fingerprint density at radius 1 is 1.00 bits per heavy atom. The second-order valence-electron chi connectivity index (χ2n) is 4.05. The van der Waals surface area contributed by atoms with Crippen LogP contribution in [0.4, 0.5) is 0 Å². The van der Waals surface area contributed by atoms with Crippen LogP contribution in [0.25, 0.3) is 0 Å². The maximum atomic E-state index is 5.09. The van der Waals surface area contributed by atoms with Crippen molar-refractivity contribution in [3.8, 4) is 0 Å². The van der Waals surface area contributed by atoms with E-state index in [4.69, 9.17) is 4.52 Å². The van der Waals surface area contributed by atoms with Gasteiger partial charge in [0.25, 0.3) is 0 Å². The first-order chi connectivity index (χ1) is 5.68. The van der Waals surface area contributed by atoms with Crippen molar-refractivity contribution in [2.45, 2.75) is 21.3 Å². The summed E-state index contributed by atoms with van der Waals surface area (Å²) >= 11 is 0. The standard InChI is InChI=1S/C5H13OP.C5H13P.CH4/c1-5-7(3,4)6-2;1-5-6(2,3)4;/h3,5H2,1-2,4H3;2,5H2,1,3-4H3;1H4. The Hall–Kier alpha value is 0.560. The van der Waals surface area contributed by atoms with E-state index in [1.54, 1.807) is 7.11 Å². The van der Waals surface area contributed by atoms with Gasteiger partial charge in [0.15, 0.2) is 0 Å². The van der Waals surface area contributed by atoms with Gasteiger partial charge in [-0.05, 0) is 39.4 Å². The highest BCUT2D eigenvalue weighted by molar-refractivity contribution is 7.72. The second-order valence-corrected chi connectivity index (χ2v) is 12.1. The third-order valence-corrected chi connectivity index (χ3v) is 5.90. The van der Waals surface area contributed by atoms with Crippen molar-refractivity contribution in [3.63, 3.8) is 0 Å². The van der Waals surface area contributed by atoms with Crippen molar-refractivity contribution >= 4 is 26.6 Å². The molecule has 0 N–H and O–H groups in total. The third kappa shape index (κ3) is 18.4. The summed E-state index contributed by atoms with van der Waals surface area (Å²) in [6.45, 7) is 10.2. The minimum Gasteiger partial charge on any atom is -0.365 e. The van der Waals surface area contributed by atoms with Gasteiger partial charge in [0.05, 0.1) is 0 Å². The lowest BCUT2D eigenvalue weighted by Gasteiger charge is -2.12. The first kappa shape index (κ1) is 20.0. The fourth-order valence-electron chi connectivity index (χ4n) is 0.129. The smallest absolute Gasteiger partial charge is 0.0396 e. The molecule has 1 nitrogen and oxygen atoms in total. The molecule has 0 spiro atoms. The van der Waals surface area contributed by atoms with E-state index in [2.05, 4.69) is 46.4 Å². The molecule has 0 aliphatic rings. The van der Waals surface area contributed by atoms with E-state index in [9.17, 15) is 0 Å². The average Bonchev–Trinajstić information content (AvgIpc) is 2.04. The maximum Gasteiger partial charge on any atom is 0.0396 e. The molecule has 1 atom stereocenters. The molecule has 0 radical (unpaired) electrons. The zero-order valence-electron chi connectivity index (χ0n) is 10.1. The Bertz CT molecular complexity index is 195. The molecule has 0 aliphatic carbocycles. The molecule has 0 aromatic heterocycles. The second kappa shape index (κ2) is 8.84. The zero-order valence-corrected chi connectivity index (χ0v) is 11.9. The summed E-state index contributed by atoms with van der Waals surface area (Å²) in [6, 6.07) is 0. The molecule has 0 amide bonds. The molecule has 0 rings (SSSR count). The molecule has 90 valence electrons. The summed E-state index contributed by atoms with van der Waals surface area (Å²) in [5.74, 6) is 0. The SMILES string of the molecule is C.C=P(C)(C)CC.C=P(C)(CC)OC. The maximum absolute atomic E-state index is 5.09. The lowest BCUT2D eigenvalue weighted by molar-refractivity contribution is 0.462. The van der Waals surface area contributed by atoms with Gasteiger partial charge in [0.2, 0.25) is 0 Å². The van der Waals surface area contributed by atoms with Crippen LogP contribution in [0.15, 0.2) is 0 Å². The van der Waals surface area contributed by atoms with Crippen LogP contribution >= 0.6 is 14.0 Å². The average molecular weight is 240 g/mol. The van der Waals surface area contributed by atoms with E-state index in [0.717, 1.165) is 6.16 Å². The van der Waals surface area contributed by atoms with Gasteiger partial charge in [-0.1, -0.05) is 27.6 Å². The van der Waals surface area contributed by atoms with Crippen LogP contribution < -0.4 is 0 Å². The van der Waals surface area contributed by atoms with Crippen molar-refractivity contribution in [1.29, 1.82) is 0 Å². The first-order valence-corrected chi connectivity index (χ1v) is 10.2. The monoisotopic (exact) mass is 240 g/mol. The highest BCUT2D eigenvalue weighted by Gasteiger charge is 1.97. The number of hydrogen-bond acceptors (Lipinski definition) is 1. The van der Waals surface area contributed by atoms with Crippen LogP contribution in [-0.2, 0) is 4.52 Å². The quantitative estimate of drug-likeness (QED) is 0.677. The molecule has 0 aromatic rings. The molecule has 0 bridgehead atoms.